The van der Waals surface area contributed by atoms with Crippen LogP contribution in [-0.2, 0) is 9.59 Å². The molecular formula is C12H21NO4. The number of amides is 1. The van der Waals surface area contributed by atoms with Gasteiger partial charge in [-0.1, -0.05) is 6.42 Å². The minimum atomic E-state index is -0.871. The highest BCUT2D eigenvalue weighted by molar-refractivity contribution is 5.85. The van der Waals surface area contributed by atoms with Crippen LogP contribution in [0.25, 0.3) is 0 Å². The Labute approximate surface area is 101 Å². The van der Waals surface area contributed by atoms with Crippen molar-refractivity contribution in [2.24, 2.45) is 11.8 Å². The first kappa shape index (κ1) is 14.0. The van der Waals surface area contributed by atoms with E-state index in [0.29, 0.717) is 25.8 Å². The van der Waals surface area contributed by atoms with Gasteiger partial charge < -0.3 is 15.1 Å². The summed E-state index contributed by atoms with van der Waals surface area (Å²) in [4.78, 5) is 24.6. The zero-order chi connectivity index (χ0) is 13.0. The Morgan fingerprint density at radius 2 is 1.94 bits per heavy atom. The molecule has 2 N–H and O–H groups in total. The summed E-state index contributed by atoms with van der Waals surface area (Å²) < 4.78 is 0. The van der Waals surface area contributed by atoms with Crippen LogP contribution in [-0.4, -0.2) is 46.7 Å². The van der Waals surface area contributed by atoms with E-state index in [2.05, 4.69) is 0 Å². The van der Waals surface area contributed by atoms with Crippen molar-refractivity contribution in [1.82, 2.24) is 4.90 Å². The molecule has 1 rings (SSSR count). The third-order valence-electron chi connectivity index (χ3n) is 3.41. The fourth-order valence-corrected chi connectivity index (χ4v) is 2.32. The van der Waals surface area contributed by atoms with Crippen molar-refractivity contribution < 1.29 is 19.8 Å². The van der Waals surface area contributed by atoms with E-state index in [0.717, 1.165) is 6.42 Å². The lowest BCUT2D eigenvalue weighted by Crippen LogP contribution is -2.38. The van der Waals surface area contributed by atoms with E-state index in [9.17, 15) is 9.59 Å². The summed E-state index contributed by atoms with van der Waals surface area (Å²) in [7, 11) is 1.67. The molecule has 0 radical (unpaired) electrons. The SMILES string of the molecule is CC(O)CCN(C)C(=O)C1CCCC1C(=O)O. The second kappa shape index (κ2) is 6.00. The van der Waals surface area contributed by atoms with Crippen molar-refractivity contribution in [1.29, 1.82) is 0 Å². The lowest BCUT2D eigenvalue weighted by atomic mass is 9.95. The highest BCUT2D eigenvalue weighted by Crippen LogP contribution is 2.33. The van der Waals surface area contributed by atoms with E-state index in [4.69, 9.17) is 10.2 Å². The normalized spacial score (nSPS) is 25.6. The molecule has 0 aromatic heterocycles. The second-order valence-electron chi connectivity index (χ2n) is 4.88. The third-order valence-corrected chi connectivity index (χ3v) is 3.41. The number of aliphatic hydroxyl groups excluding tert-OH is 1. The Kier molecular flexibility index (Phi) is 4.93. The van der Waals surface area contributed by atoms with Crippen molar-refractivity contribution in [2.75, 3.05) is 13.6 Å². The standard InChI is InChI=1S/C12H21NO4/c1-8(14)6-7-13(2)11(15)9-4-3-5-10(9)12(16)17/h8-10,14H,3-7H2,1-2H3,(H,16,17). The highest BCUT2D eigenvalue weighted by Gasteiger charge is 2.38. The summed E-state index contributed by atoms with van der Waals surface area (Å²) >= 11 is 0. The molecule has 5 nitrogen and oxygen atoms in total. The van der Waals surface area contributed by atoms with Crippen LogP contribution in [0.1, 0.15) is 32.6 Å². The van der Waals surface area contributed by atoms with Crippen molar-refractivity contribution in [3.05, 3.63) is 0 Å². The van der Waals surface area contributed by atoms with Gasteiger partial charge in [0.25, 0.3) is 0 Å². The van der Waals surface area contributed by atoms with Gasteiger partial charge in [-0.25, -0.2) is 0 Å². The van der Waals surface area contributed by atoms with Crippen LogP contribution >= 0.6 is 0 Å². The predicted octanol–water partition coefficient (Wildman–Crippen LogP) is 0.717. The molecule has 0 spiro atoms. The van der Waals surface area contributed by atoms with Crippen LogP contribution in [0.4, 0.5) is 0 Å². The smallest absolute Gasteiger partial charge is 0.307 e. The zero-order valence-corrected chi connectivity index (χ0v) is 10.4. The molecule has 1 amide bonds. The molecule has 5 heteroatoms. The molecule has 1 saturated carbocycles. The number of nitrogens with zero attached hydrogens (tertiary/aromatic N) is 1. The molecule has 0 bridgehead atoms. The summed E-state index contributed by atoms with van der Waals surface area (Å²) in [6, 6.07) is 0. The summed E-state index contributed by atoms with van der Waals surface area (Å²) in [5.41, 5.74) is 0. The average molecular weight is 243 g/mol. The van der Waals surface area contributed by atoms with Gasteiger partial charge >= 0.3 is 5.97 Å². The van der Waals surface area contributed by atoms with Gasteiger partial charge in [-0.15, -0.1) is 0 Å². The Bertz CT molecular complexity index is 290. The quantitative estimate of drug-likeness (QED) is 0.745. The first-order chi connectivity index (χ1) is 7.93. The molecule has 3 atom stereocenters. The summed E-state index contributed by atoms with van der Waals surface area (Å²) in [6.07, 6.45) is 2.14. The highest BCUT2D eigenvalue weighted by atomic mass is 16.4. The number of carbonyl (C=O) groups is 2. The number of carboxylic acid groups (broad SMARTS) is 1. The van der Waals surface area contributed by atoms with Gasteiger partial charge in [0.15, 0.2) is 0 Å². The van der Waals surface area contributed by atoms with Crippen LogP contribution in [0, 0.1) is 11.8 Å². The molecule has 1 aliphatic carbocycles. The van der Waals surface area contributed by atoms with Gasteiger partial charge in [-0.05, 0) is 26.2 Å². The Balaban J connectivity index is 2.53. The maximum Gasteiger partial charge on any atom is 0.307 e. The van der Waals surface area contributed by atoms with E-state index in [-0.39, 0.29) is 11.8 Å². The first-order valence-corrected chi connectivity index (χ1v) is 6.09. The maximum atomic E-state index is 12.1. The third kappa shape index (κ3) is 3.70. The number of aliphatic carboxylic acids is 1. The van der Waals surface area contributed by atoms with Gasteiger partial charge in [-0.3, -0.25) is 9.59 Å². The van der Waals surface area contributed by atoms with Crippen LogP contribution in [0.5, 0.6) is 0 Å². The molecule has 1 aliphatic rings. The van der Waals surface area contributed by atoms with Crippen LogP contribution in [0.2, 0.25) is 0 Å². The van der Waals surface area contributed by atoms with Crippen LogP contribution < -0.4 is 0 Å². The zero-order valence-electron chi connectivity index (χ0n) is 10.4. The molecule has 98 valence electrons. The molecule has 0 aliphatic heterocycles. The lowest BCUT2D eigenvalue weighted by molar-refractivity contribution is -0.148. The summed E-state index contributed by atoms with van der Waals surface area (Å²) in [5.74, 6) is -1.89. The topological polar surface area (TPSA) is 77.8 Å². The molecule has 0 saturated heterocycles. The molecule has 3 unspecified atom stereocenters. The summed E-state index contributed by atoms with van der Waals surface area (Å²) in [5, 5.41) is 18.2. The number of carboxylic acids is 1. The largest absolute Gasteiger partial charge is 0.481 e. The van der Waals surface area contributed by atoms with Gasteiger partial charge in [0.1, 0.15) is 0 Å². The van der Waals surface area contributed by atoms with Crippen molar-refractivity contribution in [3.63, 3.8) is 0 Å². The van der Waals surface area contributed by atoms with E-state index < -0.39 is 18.0 Å². The Morgan fingerprint density at radius 1 is 1.35 bits per heavy atom. The van der Waals surface area contributed by atoms with Crippen molar-refractivity contribution >= 4 is 11.9 Å². The second-order valence-corrected chi connectivity index (χ2v) is 4.88. The number of carbonyl (C=O) groups excluding carboxylic acids is 1. The molecule has 0 aromatic rings. The fraction of sp³-hybridized carbons (Fsp3) is 0.833. The molecule has 1 fully saturated rings. The average Bonchev–Trinajstić information content (AvgIpc) is 2.73. The van der Waals surface area contributed by atoms with E-state index in [1.54, 1.807) is 18.9 Å². The van der Waals surface area contributed by atoms with Crippen LogP contribution in [0.15, 0.2) is 0 Å². The number of aliphatic hydroxyl groups is 1. The predicted molar refractivity (Wildman–Crippen MR) is 62.4 cm³/mol. The lowest BCUT2D eigenvalue weighted by Gasteiger charge is -2.23. The van der Waals surface area contributed by atoms with Crippen molar-refractivity contribution in [3.8, 4) is 0 Å². The Morgan fingerprint density at radius 3 is 2.47 bits per heavy atom. The molecular weight excluding hydrogens is 222 g/mol. The summed E-state index contributed by atoms with van der Waals surface area (Å²) in [6.45, 7) is 2.15. The van der Waals surface area contributed by atoms with E-state index >= 15 is 0 Å². The van der Waals surface area contributed by atoms with Gasteiger partial charge in [0, 0.05) is 13.6 Å². The minimum absolute atomic E-state index is 0.101. The maximum absolute atomic E-state index is 12.1. The van der Waals surface area contributed by atoms with Gasteiger partial charge in [-0.2, -0.15) is 0 Å². The molecule has 0 heterocycles. The minimum Gasteiger partial charge on any atom is -0.481 e. The first-order valence-electron chi connectivity index (χ1n) is 6.09. The Hall–Kier alpha value is -1.10. The van der Waals surface area contributed by atoms with Gasteiger partial charge in [0.2, 0.25) is 5.91 Å². The van der Waals surface area contributed by atoms with Crippen LogP contribution in [0.3, 0.4) is 0 Å². The number of hydrogen-bond donors (Lipinski definition) is 2. The van der Waals surface area contributed by atoms with Crippen molar-refractivity contribution in [2.45, 2.75) is 38.7 Å². The number of rotatable bonds is 5. The number of hydrogen-bond acceptors (Lipinski definition) is 3. The van der Waals surface area contributed by atoms with Gasteiger partial charge in [0.05, 0.1) is 17.9 Å². The van der Waals surface area contributed by atoms with E-state index in [1.165, 1.54) is 0 Å². The fourth-order valence-electron chi connectivity index (χ4n) is 2.32. The monoisotopic (exact) mass is 243 g/mol. The molecule has 17 heavy (non-hydrogen) atoms. The molecule has 0 aromatic carbocycles. The van der Waals surface area contributed by atoms with E-state index in [1.807, 2.05) is 0 Å².